The van der Waals surface area contributed by atoms with Gasteiger partial charge in [-0.2, -0.15) is 0 Å². The molecule has 1 aromatic carbocycles. The van der Waals surface area contributed by atoms with E-state index < -0.39 is 11.9 Å². The largest absolute Gasteiger partial charge is 0.465 e. The predicted molar refractivity (Wildman–Crippen MR) is 91.2 cm³/mol. The molecule has 0 saturated carbocycles. The van der Waals surface area contributed by atoms with E-state index in [4.69, 9.17) is 16.3 Å². The SMILES string of the molecule is C=CCCC/C(C(=O)OCC)=C(/Cl)c1ccc(C(=O)OC)cc1. The first kappa shape index (κ1) is 19.0. The molecule has 0 saturated heterocycles. The Balaban J connectivity index is 3.09. The molecule has 4 nitrogen and oxygen atoms in total. The summed E-state index contributed by atoms with van der Waals surface area (Å²) < 4.78 is 9.73. The average molecular weight is 337 g/mol. The molecule has 5 heteroatoms. The van der Waals surface area contributed by atoms with Crippen molar-refractivity contribution in [2.24, 2.45) is 0 Å². The minimum atomic E-state index is -0.423. The number of hydrogen-bond acceptors (Lipinski definition) is 4. The number of ether oxygens (including phenoxy) is 2. The third-order valence-corrected chi connectivity index (χ3v) is 3.63. The van der Waals surface area contributed by atoms with Gasteiger partial charge in [-0.05, 0) is 43.9 Å². The van der Waals surface area contributed by atoms with E-state index in [1.165, 1.54) is 7.11 Å². The quantitative estimate of drug-likeness (QED) is 0.306. The van der Waals surface area contributed by atoms with Crippen molar-refractivity contribution in [1.29, 1.82) is 0 Å². The lowest BCUT2D eigenvalue weighted by atomic mass is 10.0. The second kappa shape index (κ2) is 9.85. The van der Waals surface area contributed by atoms with Gasteiger partial charge in [0.05, 0.1) is 29.9 Å². The molecule has 0 atom stereocenters. The van der Waals surface area contributed by atoms with Crippen LogP contribution >= 0.6 is 11.6 Å². The van der Waals surface area contributed by atoms with E-state index in [-0.39, 0.29) is 6.61 Å². The van der Waals surface area contributed by atoms with Crippen LogP contribution in [0.2, 0.25) is 0 Å². The van der Waals surface area contributed by atoms with Gasteiger partial charge in [0, 0.05) is 0 Å². The third kappa shape index (κ3) is 5.57. The topological polar surface area (TPSA) is 52.6 Å². The molecular weight excluding hydrogens is 316 g/mol. The van der Waals surface area contributed by atoms with Crippen LogP contribution < -0.4 is 0 Å². The van der Waals surface area contributed by atoms with Gasteiger partial charge in [-0.1, -0.05) is 29.8 Å². The zero-order valence-corrected chi connectivity index (χ0v) is 14.2. The Morgan fingerprint density at radius 1 is 1.22 bits per heavy atom. The zero-order chi connectivity index (χ0) is 17.2. The molecule has 0 N–H and O–H groups in total. The molecule has 1 aromatic rings. The number of esters is 2. The minimum Gasteiger partial charge on any atom is -0.465 e. The number of allylic oxidation sites excluding steroid dienone is 1. The maximum Gasteiger partial charge on any atom is 0.337 e. The van der Waals surface area contributed by atoms with E-state index >= 15 is 0 Å². The number of carbonyl (C=O) groups excluding carboxylic acids is 2. The summed E-state index contributed by atoms with van der Waals surface area (Å²) in [5, 5.41) is 0.337. The summed E-state index contributed by atoms with van der Waals surface area (Å²) in [5.74, 6) is -0.841. The van der Waals surface area contributed by atoms with E-state index in [1.807, 2.05) is 0 Å². The Hall–Kier alpha value is -2.07. The van der Waals surface area contributed by atoms with Crippen molar-refractivity contribution in [3.8, 4) is 0 Å². The first-order valence-corrected chi connectivity index (χ1v) is 7.78. The zero-order valence-electron chi connectivity index (χ0n) is 13.4. The molecule has 1 rings (SSSR count). The summed E-state index contributed by atoms with van der Waals surface area (Å²) in [7, 11) is 1.32. The van der Waals surface area contributed by atoms with Crippen LogP contribution in [0.1, 0.15) is 42.1 Å². The van der Waals surface area contributed by atoms with Crippen molar-refractivity contribution < 1.29 is 19.1 Å². The van der Waals surface area contributed by atoms with Crippen LogP contribution in [-0.2, 0) is 14.3 Å². The van der Waals surface area contributed by atoms with E-state index in [1.54, 1.807) is 37.3 Å². The number of methoxy groups -OCH3 is 1. The molecule has 23 heavy (non-hydrogen) atoms. The minimum absolute atomic E-state index is 0.287. The number of unbranched alkanes of at least 4 members (excludes halogenated alkanes) is 1. The lowest BCUT2D eigenvalue weighted by Gasteiger charge is -2.10. The Kier molecular flexibility index (Phi) is 8.13. The Morgan fingerprint density at radius 3 is 2.35 bits per heavy atom. The first-order chi connectivity index (χ1) is 11.0. The highest BCUT2D eigenvalue weighted by Crippen LogP contribution is 2.27. The number of halogens is 1. The van der Waals surface area contributed by atoms with Gasteiger partial charge in [-0.25, -0.2) is 9.59 Å². The smallest absolute Gasteiger partial charge is 0.337 e. The summed E-state index contributed by atoms with van der Waals surface area (Å²) in [6, 6.07) is 6.58. The monoisotopic (exact) mass is 336 g/mol. The van der Waals surface area contributed by atoms with Crippen LogP contribution in [0.15, 0.2) is 42.5 Å². The van der Waals surface area contributed by atoms with Crippen LogP contribution in [0.3, 0.4) is 0 Å². The molecule has 124 valence electrons. The Morgan fingerprint density at radius 2 is 1.83 bits per heavy atom. The van der Waals surface area contributed by atoms with Crippen LogP contribution in [-0.4, -0.2) is 25.7 Å². The van der Waals surface area contributed by atoms with E-state index in [0.717, 1.165) is 12.8 Å². The predicted octanol–water partition coefficient (Wildman–Crippen LogP) is 4.34. The van der Waals surface area contributed by atoms with E-state index in [2.05, 4.69) is 11.3 Å². The molecule has 0 aliphatic carbocycles. The lowest BCUT2D eigenvalue weighted by molar-refractivity contribution is -0.138. The van der Waals surface area contributed by atoms with Crippen molar-refractivity contribution in [1.82, 2.24) is 0 Å². The molecule has 0 bridgehead atoms. The van der Waals surface area contributed by atoms with Gasteiger partial charge in [-0.15, -0.1) is 6.58 Å². The second-order valence-electron chi connectivity index (χ2n) is 4.76. The Labute approximate surface area is 141 Å². The molecule has 0 aliphatic heterocycles. The van der Waals surface area contributed by atoms with Crippen molar-refractivity contribution in [3.63, 3.8) is 0 Å². The summed E-state index contributed by atoms with van der Waals surface area (Å²) in [6.45, 7) is 5.70. The molecule has 0 spiro atoms. The number of hydrogen-bond donors (Lipinski definition) is 0. The van der Waals surface area contributed by atoms with Gasteiger partial charge >= 0.3 is 11.9 Å². The van der Waals surface area contributed by atoms with Gasteiger partial charge in [0.1, 0.15) is 0 Å². The molecule has 0 unspecified atom stereocenters. The van der Waals surface area contributed by atoms with Crippen molar-refractivity contribution in [2.45, 2.75) is 26.2 Å². The van der Waals surface area contributed by atoms with Crippen molar-refractivity contribution in [2.75, 3.05) is 13.7 Å². The molecule has 0 aromatic heterocycles. The highest BCUT2D eigenvalue weighted by molar-refractivity contribution is 6.50. The van der Waals surface area contributed by atoms with E-state index in [9.17, 15) is 9.59 Å². The van der Waals surface area contributed by atoms with Crippen LogP contribution in [0.25, 0.3) is 5.03 Å². The molecule has 0 fully saturated rings. The summed E-state index contributed by atoms with van der Waals surface area (Å²) in [4.78, 5) is 23.6. The maximum absolute atomic E-state index is 12.1. The average Bonchev–Trinajstić information content (AvgIpc) is 2.58. The molecule has 0 aliphatic rings. The van der Waals surface area contributed by atoms with E-state index in [0.29, 0.717) is 28.2 Å². The van der Waals surface area contributed by atoms with Crippen LogP contribution in [0.4, 0.5) is 0 Å². The number of rotatable bonds is 8. The number of benzene rings is 1. The van der Waals surface area contributed by atoms with Gasteiger partial charge in [0.2, 0.25) is 0 Å². The fraction of sp³-hybridized carbons (Fsp3) is 0.333. The fourth-order valence-electron chi connectivity index (χ4n) is 1.99. The first-order valence-electron chi connectivity index (χ1n) is 7.40. The van der Waals surface area contributed by atoms with Crippen molar-refractivity contribution in [3.05, 3.63) is 53.6 Å². The number of carbonyl (C=O) groups is 2. The van der Waals surface area contributed by atoms with Gasteiger partial charge in [-0.3, -0.25) is 0 Å². The standard InChI is InChI=1S/C18H21ClO4/c1-4-6-7-8-15(18(21)23-5-2)16(19)13-9-11-14(12-10-13)17(20)22-3/h4,9-12H,1,5-8H2,2-3H3/b16-15-. The summed E-state index contributed by atoms with van der Waals surface area (Å²) in [6.07, 6.45) is 3.84. The highest BCUT2D eigenvalue weighted by atomic mass is 35.5. The van der Waals surface area contributed by atoms with Gasteiger partial charge in [0.15, 0.2) is 0 Å². The molecular formula is C18H21ClO4. The molecule has 0 radical (unpaired) electrons. The second-order valence-corrected chi connectivity index (χ2v) is 5.14. The summed E-state index contributed by atoms with van der Waals surface area (Å²) in [5.41, 5.74) is 1.51. The maximum atomic E-state index is 12.1. The van der Waals surface area contributed by atoms with Gasteiger partial charge in [0.25, 0.3) is 0 Å². The van der Waals surface area contributed by atoms with Gasteiger partial charge < -0.3 is 9.47 Å². The molecule has 0 amide bonds. The lowest BCUT2D eigenvalue weighted by Crippen LogP contribution is -2.09. The Bertz CT molecular complexity index is 588. The van der Waals surface area contributed by atoms with Crippen molar-refractivity contribution >= 4 is 28.6 Å². The summed E-state index contributed by atoms with van der Waals surface area (Å²) >= 11 is 6.38. The highest BCUT2D eigenvalue weighted by Gasteiger charge is 2.17. The normalized spacial score (nSPS) is 11.4. The molecule has 0 heterocycles. The third-order valence-electron chi connectivity index (χ3n) is 3.18. The van der Waals surface area contributed by atoms with Crippen LogP contribution in [0.5, 0.6) is 0 Å². The fourth-order valence-corrected chi connectivity index (χ4v) is 2.29. The van der Waals surface area contributed by atoms with Crippen LogP contribution in [0, 0.1) is 0 Å².